The molecule has 1 N–H and O–H groups in total. The standard InChI is InChI=1S/C23H17Cl3N2O4/c1-14(31-19-7-3-5-16(24)11-19)22(29)28-27-13-15-4-2-6-18(10-15)32-23(30)20-9-8-17(25)12-21(20)26/h2-14H,1H3,(H,28,29)/b27-13-/t14-/m1/s1. The highest BCUT2D eigenvalue weighted by molar-refractivity contribution is 6.36. The first-order valence-electron chi connectivity index (χ1n) is 9.34. The molecule has 1 atom stereocenters. The number of halogens is 3. The molecule has 9 heteroatoms. The summed E-state index contributed by atoms with van der Waals surface area (Å²) in [5.74, 6) is -0.310. The molecule has 3 aromatic rings. The molecular weight excluding hydrogens is 475 g/mol. The molecule has 0 aliphatic heterocycles. The quantitative estimate of drug-likeness (QED) is 0.197. The number of carbonyl (C=O) groups excluding carboxylic acids is 2. The fourth-order valence-corrected chi connectivity index (χ4v) is 3.20. The number of nitrogens with zero attached hydrogens (tertiary/aromatic N) is 1. The lowest BCUT2D eigenvalue weighted by molar-refractivity contribution is -0.127. The number of hydrogen-bond donors (Lipinski definition) is 1. The Bertz CT molecular complexity index is 1170. The minimum atomic E-state index is -0.790. The first-order chi connectivity index (χ1) is 15.3. The lowest BCUT2D eigenvalue weighted by Gasteiger charge is -2.12. The lowest BCUT2D eigenvalue weighted by Crippen LogP contribution is -2.33. The molecule has 0 fully saturated rings. The molecule has 0 bridgehead atoms. The zero-order valence-corrected chi connectivity index (χ0v) is 19.0. The van der Waals surface area contributed by atoms with Crippen LogP contribution in [0, 0.1) is 0 Å². The molecule has 6 nitrogen and oxygen atoms in total. The van der Waals surface area contributed by atoms with E-state index >= 15 is 0 Å². The van der Waals surface area contributed by atoms with Crippen molar-refractivity contribution in [2.24, 2.45) is 5.10 Å². The van der Waals surface area contributed by atoms with Crippen LogP contribution in [0.5, 0.6) is 11.5 Å². The van der Waals surface area contributed by atoms with Gasteiger partial charge in [-0.15, -0.1) is 0 Å². The zero-order chi connectivity index (χ0) is 23.1. The Morgan fingerprint density at radius 2 is 1.66 bits per heavy atom. The van der Waals surface area contributed by atoms with Crippen molar-refractivity contribution in [2.75, 3.05) is 0 Å². The summed E-state index contributed by atoms with van der Waals surface area (Å²) >= 11 is 17.8. The Morgan fingerprint density at radius 3 is 2.41 bits per heavy atom. The van der Waals surface area contributed by atoms with Gasteiger partial charge < -0.3 is 9.47 Å². The maximum atomic E-state index is 12.3. The van der Waals surface area contributed by atoms with Gasteiger partial charge in [-0.1, -0.05) is 53.0 Å². The molecule has 3 aromatic carbocycles. The third kappa shape index (κ3) is 6.72. The minimum absolute atomic E-state index is 0.191. The van der Waals surface area contributed by atoms with Crippen LogP contribution in [0.4, 0.5) is 0 Å². The van der Waals surface area contributed by atoms with E-state index in [1.54, 1.807) is 61.5 Å². The Morgan fingerprint density at radius 1 is 0.938 bits per heavy atom. The van der Waals surface area contributed by atoms with Gasteiger partial charge in [0.2, 0.25) is 0 Å². The second-order valence-electron chi connectivity index (χ2n) is 6.54. The Labute approximate surface area is 199 Å². The number of esters is 1. The van der Waals surface area contributed by atoms with Gasteiger partial charge in [0.15, 0.2) is 6.10 Å². The lowest BCUT2D eigenvalue weighted by atomic mass is 10.2. The average molecular weight is 492 g/mol. The van der Waals surface area contributed by atoms with Gasteiger partial charge in [0.25, 0.3) is 5.91 Å². The van der Waals surface area contributed by atoms with Crippen molar-refractivity contribution in [1.29, 1.82) is 0 Å². The van der Waals surface area contributed by atoms with Crippen molar-refractivity contribution in [2.45, 2.75) is 13.0 Å². The molecule has 0 saturated carbocycles. The van der Waals surface area contributed by atoms with Crippen LogP contribution in [0.25, 0.3) is 0 Å². The van der Waals surface area contributed by atoms with E-state index in [1.807, 2.05) is 0 Å². The minimum Gasteiger partial charge on any atom is -0.481 e. The van der Waals surface area contributed by atoms with Crippen molar-refractivity contribution >= 4 is 52.9 Å². The highest BCUT2D eigenvalue weighted by atomic mass is 35.5. The van der Waals surface area contributed by atoms with E-state index in [0.29, 0.717) is 21.4 Å². The first kappa shape index (κ1) is 23.6. The van der Waals surface area contributed by atoms with Crippen molar-refractivity contribution in [1.82, 2.24) is 5.43 Å². The summed E-state index contributed by atoms with van der Waals surface area (Å²) in [4.78, 5) is 24.5. The van der Waals surface area contributed by atoms with Crippen LogP contribution in [0.3, 0.4) is 0 Å². The first-order valence-corrected chi connectivity index (χ1v) is 10.5. The van der Waals surface area contributed by atoms with Crippen molar-refractivity contribution in [3.63, 3.8) is 0 Å². The number of hydrogen-bond acceptors (Lipinski definition) is 5. The highest BCUT2D eigenvalue weighted by Crippen LogP contribution is 2.23. The van der Waals surface area contributed by atoms with Crippen LogP contribution >= 0.6 is 34.8 Å². The molecule has 0 heterocycles. The molecule has 0 aliphatic carbocycles. The van der Waals surface area contributed by atoms with E-state index in [-0.39, 0.29) is 16.3 Å². The molecule has 3 rings (SSSR count). The third-order valence-corrected chi connectivity index (χ3v) is 4.87. The predicted molar refractivity (Wildman–Crippen MR) is 125 cm³/mol. The van der Waals surface area contributed by atoms with Crippen LogP contribution in [0.15, 0.2) is 71.8 Å². The van der Waals surface area contributed by atoms with Gasteiger partial charge in [-0.05, 0) is 61.0 Å². The van der Waals surface area contributed by atoms with E-state index < -0.39 is 18.0 Å². The maximum absolute atomic E-state index is 12.3. The molecule has 1 amide bonds. The fraction of sp³-hybridized carbons (Fsp3) is 0.0870. The maximum Gasteiger partial charge on any atom is 0.345 e. The smallest absolute Gasteiger partial charge is 0.345 e. The summed E-state index contributed by atoms with van der Waals surface area (Å²) in [7, 11) is 0. The van der Waals surface area contributed by atoms with Crippen molar-refractivity contribution in [3.8, 4) is 11.5 Å². The second-order valence-corrected chi connectivity index (χ2v) is 7.82. The molecule has 0 saturated heterocycles. The Kier molecular flexibility index (Phi) is 8.11. The number of amides is 1. The highest BCUT2D eigenvalue weighted by Gasteiger charge is 2.15. The van der Waals surface area contributed by atoms with Crippen LogP contribution in [-0.2, 0) is 4.79 Å². The van der Waals surface area contributed by atoms with Crippen LogP contribution in [0.1, 0.15) is 22.8 Å². The topological polar surface area (TPSA) is 77.0 Å². The Balaban J connectivity index is 1.57. The van der Waals surface area contributed by atoms with Gasteiger partial charge in [-0.25, -0.2) is 10.2 Å². The van der Waals surface area contributed by atoms with Crippen LogP contribution in [0.2, 0.25) is 15.1 Å². The average Bonchev–Trinajstić information content (AvgIpc) is 2.74. The van der Waals surface area contributed by atoms with Gasteiger partial charge in [-0.3, -0.25) is 4.79 Å². The number of hydrazone groups is 1. The van der Waals surface area contributed by atoms with E-state index in [2.05, 4.69) is 10.5 Å². The molecule has 164 valence electrons. The van der Waals surface area contributed by atoms with Gasteiger partial charge in [-0.2, -0.15) is 5.10 Å². The number of nitrogens with one attached hydrogen (secondary N) is 1. The van der Waals surface area contributed by atoms with Crippen molar-refractivity contribution < 1.29 is 19.1 Å². The molecule has 32 heavy (non-hydrogen) atoms. The summed E-state index contributed by atoms with van der Waals surface area (Å²) in [6.45, 7) is 1.59. The zero-order valence-electron chi connectivity index (χ0n) is 16.7. The summed E-state index contributed by atoms with van der Waals surface area (Å²) in [5, 5.41) is 5.03. The van der Waals surface area contributed by atoms with Crippen LogP contribution < -0.4 is 14.9 Å². The van der Waals surface area contributed by atoms with Crippen LogP contribution in [-0.4, -0.2) is 24.2 Å². The molecular formula is C23H17Cl3N2O4. The van der Waals surface area contributed by atoms with E-state index in [0.717, 1.165) is 0 Å². The molecule has 0 spiro atoms. The molecule has 0 radical (unpaired) electrons. The van der Waals surface area contributed by atoms with Gasteiger partial charge >= 0.3 is 5.97 Å². The van der Waals surface area contributed by atoms with Crippen molar-refractivity contribution in [3.05, 3.63) is 92.9 Å². The third-order valence-electron chi connectivity index (χ3n) is 4.09. The second kappa shape index (κ2) is 11.0. The van der Waals surface area contributed by atoms with E-state index in [9.17, 15) is 9.59 Å². The predicted octanol–water partition coefficient (Wildman–Crippen LogP) is 5.78. The molecule has 0 unspecified atom stereocenters. The molecule has 0 aromatic heterocycles. The summed E-state index contributed by atoms with van der Waals surface area (Å²) in [5.41, 5.74) is 3.19. The number of rotatable bonds is 7. The van der Waals surface area contributed by atoms with Gasteiger partial charge in [0.05, 0.1) is 16.8 Å². The number of carbonyl (C=O) groups is 2. The largest absolute Gasteiger partial charge is 0.481 e. The normalized spacial score (nSPS) is 11.8. The fourth-order valence-electron chi connectivity index (χ4n) is 2.53. The SMILES string of the molecule is C[C@@H](Oc1cccc(Cl)c1)C(=O)N/N=C\c1cccc(OC(=O)c2ccc(Cl)cc2Cl)c1. The summed E-state index contributed by atoms with van der Waals surface area (Å²) < 4.78 is 10.9. The number of benzene rings is 3. The van der Waals surface area contributed by atoms with Gasteiger partial charge in [0.1, 0.15) is 11.5 Å². The summed E-state index contributed by atoms with van der Waals surface area (Å²) in [6, 6.07) is 17.8. The molecule has 0 aliphatic rings. The number of ether oxygens (including phenoxy) is 2. The Hall–Kier alpha value is -3.06. The summed E-state index contributed by atoms with van der Waals surface area (Å²) in [6.07, 6.45) is 0.624. The van der Waals surface area contributed by atoms with E-state index in [4.69, 9.17) is 44.3 Å². The van der Waals surface area contributed by atoms with Gasteiger partial charge in [0, 0.05) is 10.0 Å². The monoisotopic (exact) mass is 490 g/mol. The van der Waals surface area contributed by atoms with E-state index in [1.165, 1.54) is 18.3 Å².